The fourth-order valence-corrected chi connectivity index (χ4v) is 6.99. The Balaban J connectivity index is 1.45. The number of para-hydroxylation sites is 1. The second kappa shape index (κ2) is 15.2. The number of esters is 2. The van der Waals surface area contributed by atoms with E-state index < -0.39 is 87.6 Å². The Labute approximate surface area is 293 Å². The highest BCUT2D eigenvalue weighted by Gasteiger charge is 2.46. The third-order valence-electron chi connectivity index (χ3n) is 7.68. The fourth-order valence-electron chi connectivity index (χ4n) is 4.65. The van der Waals surface area contributed by atoms with E-state index >= 15 is 0 Å². The topological polar surface area (TPSA) is 223 Å². The summed E-state index contributed by atoms with van der Waals surface area (Å²) in [4.78, 5) is 61.1. The van der Waals surface area contributed by atoms with Crippen molar-refractivity contribution in [3.8, 4) is 0 Å². The molecule has 1 aliphatic rings. The Morgan fingerprint density at radius 3 is 2.14 bits per heavy atom. The van der Waals surface area contributed by atoms with Gasteiger partial charge < -0.3 is 23.6 Å². The monoisotopic (exact) mass is 759 g/mol. The summed E-state index contributed by atoms with van der Waals surface area (Å²) in [5.41, 5.74) is -3.10. The lowest BCUT2D eigenvalue weighted by molar-refractivity contribution is -0.162. The van der Waals surface area contributed by atoms with Crippen LogP contribution in [0.2, 0.25) is 0 Å². The quantitative estimate of drug-likeness (QED) is 0.131. The van der Waals surface area contributed by atoms with E-state index in [0.717, 1.165) is 4.57 Å². The zero-order valence-electron chi connectivity index (χ0n) is 29.6. The first kappa shape index (κ1) is 40.3. The number of phosphoric acid groups is 2. The van der Waals surface area contributed by atoms with E-state index in [4.69, 9.17) is 36.6 Å². The molecular formula is C31H43N3O15P2. The van der Waals surface area contributed by atoms with Crippen molar-refractivity contribution in [2.24, 2.45) is 16.2 Å². The Kier molecular flexibility index (Phi) is 12.1. The maximum atomic E-state index is 13.5. The summed E-state index contributed by atoms with van der Waals surface area (Å²) in [7, 11) is -10.4. The number of hydrogen-bond donors (Lipinski definition) is 1. The minimum Gasteiger partial charge on any atom is -0.437 e. The Hall–Kier alpha value is -3.47. The molecule has 1 unspecified atom stereocenters. The van der Waals surface area contributed by atoms with Crippen LogP contribution < -0.4 is 11.2 Å². The zero-order chi connectivity index (χ0) is 38.0. The van der Waals surface area contributed by atoms with Crippen LogP contribution in [0.15, 0.2) is 50.6 Å². The van der Waals surface area contributed by atoms with Crippen LogP contribution in [0.3, 0.4) is 0 Å². The van der Waals surface area contributed by atoms with Gasteiger partial charge in [0.1, 0.15) is 11.9 Å². The van der Waals surface area contributed by atoms with E-state index in [9.17, 15) is 33.2 Å². The standard InChI is InChI=1S/C31H43N3O15P2/c1-29(2,3)26(36)42-18-45-51(41,46-19-43-27(37)30(4,5)6)49-50(39,40)44-17-23-31(7,8)15-25(47-23)33-14-13-24(35)34(28(33)38)16-21-20-11-9-10-12-22(20)48-32-21/h9-14,23,25H,15-19H2,1-8H3,(H,39,40)/t23-,25-/m1/s1. The van der Waals surface area contributed by atoms with Crippen LogP contribution in [-0.2, 0) is 57.4 Å². The predicted octanol–water partition coefficient (Wildman–Crippen LogP) is 4.88. The molecule has 0 radical (unpaired) electrons. The van der Waals surface area contributed by atoms with Gasteiger partial charge in [-0.1, -0.05) is 31.1 Å². The smallest absolute Gasteiger partial charge is 0.437 e. The van der Waals surface area contributed by atoms with Gasteiger partial charge >= 0.3 is 33.3 Å². The van der Waals surface area contributed by atoms with Gasteiger partial charge in [-0.3, -0.25) is 28.0 Å². The molecule has 20 heteroatoms. The lowest BCUT2D eigenvalue weighted by Crippen LogP contribution is -2.40. The van der Waals surface area contributed by atoms with Gasteiger partial charge in [-0.25, -0.2) is 23.0 Å². The average molecular weight is 760 g/mol. The molecule has 0 spiro atoms. The predicted molar refractivity (Wildman–Crippen MR) is 178 cm³/mol. The van der Waals surface area contributed by atoms with Crippen LogP contribution in [0.25, 0.3) is 11.0 Å². The Morgan fingerprint density at radius 2 is 1.55 bits per heavy atom. The number of nitrogens with zero attached hydrogens (tertiary/aromatic N) is 3. The van der Waals surface area contributed by atoms with E-state index in [0.29, 0.717) is 16.7 Å². The molecule has 0 saturated carbocycles. The summed E-state index contributed by atoms with van der Waals surface area (Å²) in [6, 6.07) is 8.20. The van der Waals surface area contributed by atoms with Crippen molar-refractivity contribution in [2.45, 2.75) is 80.7 Å². The lowest BCUT2D eigenvalue weighted by Gasteiger charge is -2.26. The number of aromatic nitrogens is 3. The molecule has 1 aliphatic heterocycles. The van der Waals surface area contributed by atoms with Gasteiger partial charge in [-0.2, -0.15) is 4.31 Å². The molecular weight excluding hydrogens is 716 g/mol. The lowest BCUT2D eigenvalue weighted by atomic mass is 9.85. The number of fused-ring (bicyclic) bond motifs is 1. The highest BCUT2D eigenvalue weighted by Crippen LogP contribution is 2.64. The number of hydrogen-bond acceptors (Lipinski definition) is 15. The number of carbonyl (C=O) groups is 2. The van der Waals surface area contributed by atoms with Gasteiger partial charge in [0, 0.05) is 24.1 Å². The van der Waals surface area contributed by atoms with Crippen molar-refractivity contribution in [2.75, 3.05) is 20.2 Å². The summed E-state index contributed by atoms with van der Waals surface area (Å²) in [6.07, 6.45) is -0.351. The van der Waals surface area contributed by atoms with E-state index in [1.807, 2.05) is 0 Å². The fraction of sp³-hybridized carbons (Fsp3) is 0.581. The Morgan fingerprint density at radius 1 is 0.961 bits per heavy atom. The molecule has 4 rings (SSSR count). The molecule has 3 atom stereocenters. The van der Waals surface area contributed by atoms with E-state index in [-0.39, 0.29) is 13.0 Å². The van der Waals surface area contributed by atoms with E-state index in [2.05, 4.69) is 5.16 Å². The van der Waals surface area contributed by atoms with E-state index in [1.165, 1.54) is 16.8 Å². The largest absolute Gasteiger partial charge is 0.489 e. The van der Waals surface area contributed by atoms with Crippen LogP contribution in [0, 0.1) is 16.2 Å². The molecule has 1 N–H and O–H groups in total. The SMILES string of the molecule is CC(C)(C)C(=O)OCOP(=O)(OCOC(=O)C(C)(C)C)OP(=O)(O)OC[C@H]1O[C@@H](n2ccc(=O)n(Cc3noc4ccccc34)c2=O)CC1(C)C. The van der Waals surface area contributed by atoms with Crippen LogP contribution in [-0.4, -0.2) is 57.4 Å². The molecule has 0 bridgehead atoms. The first-order chi connectivity index (χ1) is 23.5. The first-order valence-electron chi connectivity index (χ1n) is 15.7. The summed E-state index contributed by atoms with van der Waals surface area (Å²) in [5, 5.41) is 4.64. The van der Waals surface area contributed by atoms with Gasteiger partial charge in [-0.15, -0.1) is 0 Å². The third-order valence-corrected chi connectivity index (χ3v) is 10.6. The zero-order valence-corrected chi connectivity index (χ0v) is 31.3. The van der Waals surface area contributed by atoms with Crippen molar-refractivity contribution in [3.05, 3.63) is 63.1 Å². The molecule has 0 aliphatic carbocycles. The molecule has 51 heavy (non-hydrogen) atoms. The Bertz CT molecular complexity index is 1920. The van der Waals surface area contributed by atoms with Crippen LogP contribution in [0.1, 0.15) is 73.7 Å². The van der Waals surface area contributed by atoms with Crippen molar-refractivity contribution in [3.63, 3.8) is 0 Å². The average Bonchev–Trinajstić information content (AvgIpc) is 3.56. The van der Waals surface area contributed by atoms with Crippen molar-refractivity contribution >= 4 is 38.6 Å². The molecule has 18 nitrogen and oxygen atoms in total. The molecule has 2 aromatic heterocycles. The van der Waals surface area contributed by atoms with Gasteiger partial charge in [0.05, 0.1) is 30.1 Å². The van der Waals surface area contributed by atoms with Crippen molar-refractivity contribution in [1.82, 2.24) is 14.3 Å². The molecule has 1 fully saturated rings. The van der Waals surface area contributed by atoms with Crippen molar-refractivity contribution in [1.29, 1.82) is 0 Å². The third kappa shape index (κ3) is 10.3. The molecule has 3 heterocycles. The summed E-state index contributed by atoms with van der Waals surface area (Å²) >= 11 is 0. The summed E-state index contributed by atoms with van der Waals surface area (Å²) < 4.78 is 69.6. The van der Waals surface area contributed by atoms with Gasteiger partial charge in [0.15, 0.2) is 5.58 Å². The maximum Gasteiger partial charge on any atom is 0.489 e. The molecule has 1 aromatic carbocycles. The molecule has 3 aromatic rings. The number of ether oxygens (including phenoxy) is 3. The maximum absolute atomic E-state index is 13.5. The number of phosphoric ester groups is 2. The second-order valence-electron chi connectivity index (χ2n) is 14.5. The highest BCUT2D eigenvalue weighted by molar-refractivity contribution is 7.61. The van der Waals surface area contributed by atoms with Gasteiger partial charge in [0.2, 0.25) is 13.6 Å². The molecule has 282 valence electrons. The van der Waals surface area contributed by atoms with Crippen LogP contribution >= 0.6 is 15.6 Å². The van der Waals surface area contributed by atoms with Gasteiger partial charge in [-0.05, 0) is 59.1 Å². The normalized spacial score (nSPS) is 19.2. The second-order valence-corrected chi connectivity index (χ2v) is 17.7. The summed E-state index contributed by atoms with van der Waals surface area (Å²) in [6.45, 7) is 10.0. The van der Waals surface area contributed by atoms with Crippen LogP contribution in [0.4, 0.5) is 0 Å². The van der Waals surface area contributed by atoms with Gasteiger partial charge in [0.25, 0.3) is 5.56 Å². The highest BCUT2D eigenvalue weighted by atomic mass is 31.3. The first-order valence-corrected chi connectivity index (χ1v) is 18.7. The minimum atomic E-state index is -5.29. The summed E-state index contributed by atoms with van der Waals surface area (Å²) in [5.74, 6) is -1.51. The van der Waals surface area contributed by atoms with E-state index in [1.54, 1.807) is 79.7 Å². The minimum absolute atomic E-state index is 0.168. The molecule has 1 saturated heterocycles. The number of benzene rings is 1. The van der Waals surface area contributed by atoms with Crippen molar-refractivity contribution < 1.29 is 60.2 Å². The molecule has 0 amide bonds. The number of carbonyl (C=O) groups excluding carboxylic acids is 2. The number of rotatable bonds is 14. The van der Waals surface area contributed by atoms with Crippen LogP contribution in [0.5, 0.6) is 0 Å².